The largest absolute Gasteiger partial charge is 0.338 e. The number of carbonyl (C=O) groups excluding carboxylic acids is 1. The molecular weight excluding hydrogens is 350 g/mol. The molecule has 1 fully saturated rings. The second kappa shape index (κ2) is 6.71. The van der Waals surface area contributed by atoms with Crippen molar-refractivity contribution in [2.45, 2.75) is 25.7 Å². The summed E-state index contributed by atoms with van der Waals surface area (Å²) in [7, 11) is 0. The minimum absolute atomic E-state index is 0.0992. The van der Waals surface area contributed by atoms with Crippen molar-refractivity contribution < 1.29 is 4.79 Å². The first-order valence-corrected chi connectivity index (χ1v) is 9.65. The molecule has 0 N–H and O–H groups in total. The Bertz CT molecular complexity index is 1180. The topological polar surface area (TPSA) is 63.4 Å². The predicted octanol–water partition coefficient (Wildman–Crippen LogP) is 3.61. The number of aromatic nitrogens is 4. The van der Waals surface area contributed by atoms with Crippen LogP contribution in [0.2, 0.25) is 0 Å². The van der Waals surface area contributed by atoms with Gasteiger partial charge in [0.05, 0.1) is 5.69 Å². The monoisotopic (exact) mass is 371 g/mol. The number of likely N-dealkylation sites (tertiary alicyclic amines) is 1. The fourth-order valence-corrected chi connectivity index (χ4v) is 4.24. The van der Waals surface area contributed by atoms with E-state index in [9.17, 15) is 4.79 Å². The van der Waals surface area contributed by atoms with Gasteiger partial charge in [-0.1, -0.05) is 36.4 Å². The lowest BCUT2D eigenvalue weighted by Gasteiger charge is -2.33. The van der Waals surface area contributed by atoms with Gasteiger partial charge in [-0.2, -0.15) is 10.1 Å². The second-order valence-corrected chi connectivity index (χ2v) is 7.41. The highest BCUT2D eigenvalue weighted by molar-refractivity contribution is 6.07. The Hall–Kier alpha value is -3.28. The molecular formula is C22H21N5O. The summed E-state index contributed by atoms with van der Waals surface area (Å²) in [6.07, 6.45) is 3.53. The van der Waals surface area contributed by atoms with Gasteiger partial charge in [0.15, 0.2) is 0 Å². The van der Waals surface area contributed by atoms with Gasteiger partial charge in [-0.05, 0) is 42.7 Å². The molecule has 28 heavy (non-hydrogen) atoms. The fraction of sp³-hybridized carbons (Fsp3) is 0.273. The van der Waals surface area contributed by atoms with E-state index in [1.54, 1.807) is 0 Å². The van der Waals surface area contributed by atoms with Crippen LogP contribution in [0.4, 0.5) is 0 Å². The van der Waals surface area contributed by atoms with E-state index in [1.807, 2.05) is 58.8 Å². The maximum Gasteiger partial charge on any atom is 0.254 e. The van der Waals surface area contributed by atoms with Crippen LogP contribution in [0.3, 0.4) is 0 Å². The van der Waals surface area contributed by atoms with Crippen molar-refractivity contribution in [3.63, 3.8) is 0 Å². The zero-order valence-electron chi connectivity index (χ0n) is 15.7. The number of rotatable bonds is 2. The molecule has 0 aliphatic carbocycles. The molecule has 1 unspecified atom stereocenters. The molecule has 0 bridgehead atoms. The second-order valence-electron chi connectivity index (χ2n) is 7.41. The lowest BCUT2D eigenvalue weighted by molar-refractivity contribution is 0.0707. The van der Waals surface area contributed by atoms with E-state index in [0.29, 0.717) is 12.3 Å². The summed E-state index contributed by atoms with van der Waals surface area (Å²) in [6.45, 7) is 3.43. The minimum Gasteiger partial charge on any atom is -0.338 e. The van der Waals surface area contributed by atoms with Crippen molar-refractivity contribution in [1.29, 1.82) is 0 Å². The van der Waals surface area contributed by atoms with Gasteiger partial charge in [-0.25, -0.2) is 9.50 Å². The summed E-state index contributed by atoms with van der Waals surface area (Å²) in [5, 5.41) is 6.45. The lowest BCUT2D eigenvalue weighted by Crippen LogP contribution is -2.39. The summed E-state index contributed by atoms with van der Waals surface area (Å²) in [5.74, 6) is 0.938. The molecule has 6 nitrogen and oxygen atoms in total. The first kappa shape index (κ1) is 16.9. The molecule has 0 radical (unpaired) electrons. The highest BCUT2D eigenvalue weighted by atomic mass is 16.2. The number of piperidine rings is 1. The number of benzene rings is 2. The van der Waals surface area contributed by atoms with Crippen molar-refractivity contribution in [1.82, 2.24) is 24.5 Å². The summed E-state index contributed by atoms with van der Waals surface area (Å²) in [4.78, 5) is 24.0. The van der Waals surface area contributed by atoms with Crippen molar-refractivity contribution >= 4 is 22.5 Å². The summed E-state index contributed by atoms with van der Waals surface area (Å²) in [6, 6.07) is 16.1. The van der Waals surface area contributed by atoms with Gasteiger partial charge in [0.1, 0.15) is 6.33 Å². The number of amides is 1. The molecule has 1 aliphatic rings. The SMILES string of the molecule is Cc1cc(C2CCCN(C(=O)c3cccc4ccccc34)C2)n2ncnc2n1. The van der Waals surface area contributed by atoms with E-state index in [2.05, 4.69) is 21.1 Å². The van der Waals surface area contributed by atoms with Crippen LogP contribution in [0.25, 0.3) is 16.6 Å². The van der Waals surface area contributed by atoms with Crippen LogP contribution < -0.4 is 0 Å². The smallest absolute Gasteiger partial charge is 0.254 e. The molecule has 0 saturated carbocycles. The van der Waals surface area contributed by atoms with Crippen molar-refractivity contribution in [3.8, 4) is 0 Å². The molecule has 4 aromatic rings. The van der Waals surface area contributed by atoms with E-state index >= 15 is 0 Å². The Labute approximate surface area is 162 Å². The first-order chi connectivity index (χ1) is 13.7. The molecule has 1 atom stereocenters. The highest BCUT2D eigenvalue weighted by Gasteiger charge is 2.28. The van der Waals surface area contributed by atoms with Gasteiger partial charge in [0.25, 0.3) is 11.7 Å². The van der Waals surface area contributed by atoms with Gasteiger partial charge >= 0.3 is 0 Å². The van der Waals surface area contributed by atoms with Crippen molar-refractivity contribution in [2.75, 3.05) is 13.1 Å². The maximum absolute atomic E-state index is 13.3. The minimum atomic E-state index is 0.0992. The molecule has 0 spiro atoms. The normalized spacial score (nSPS) is 17.3. The number of hydrogen-bond acceptors (Lipinski definition) is 4. The highest BCUT2D eigenvalue weighted by Crippen LogP contribution is 2.29. The number of fused-ring (bicyclic) bond motifs is 2. The molecule has 1 aliphatic heterocycles. The van der Waals surface area contributed by atoms with Crippen LogP contribution in [-0.2, 0) is 0 Å². The lowest BCUT2D eigenvalue weighted by atomic mass is 9.93. The van der Waals surface area contributed by atoms with E-state index in [4.69, 9.17) is 0 Å². The van der Waals surface area contributed by atoms with Crippen LogP contribution in [0.15, 0.2) is 54.9 Å². The average Bonchev–Trinajstić information content (AvgIpc) is 3.20. The van der Waals surface area contributed by atoms with E-state index in [1.165, 1.54) is 6.33 Å². The fourth-order valence-electron chi connectivity index (χ4n) is 4.24. The Kier molecular flexibility index (Phi) is 4.04. The summed E-state index contributed by atoms with van der Waals surface area (Å²) < 4.78 is 1.81. The molecule has 6 heteroatoms. The van der Waals surface area contributed by atoms with Gasteiger partial charge in [0, 0.05) is 30.3 Å². The molecule has 140 valence electrons. The molecule has 2 aromatic heterocycles. The molecule has 3 heterocycles. The van der Waals surface area contributed by atoms with Crippen molar-refractivity contribution in [2.24, 2.45) is 0 Å². The number of hydrogen-bond donors (Lipinski definition) is 0. The number of carbonyl (C=O) groups is 1. The molecule has 5 rings (SSSR count). The first-order valence-electron chi connectivity index (χ1n) is 9.65. The Balaban J connectivity index is 1.48. The van der Waals surface area contributed by atoms with Crippen LogP contribution in [0, 0.1) is 6.92 Å². The van der Waals surface area contributed by atoms with Gasteiger partial charge in [-0.3, -0.25) is 4.79 Å². The van der Waals surface area contributed by atoms with Crippen LogP contribution in [0.5, 0.6) is 0 Å². The Morgan fingerprint density at radius 1 is 1.14 bits per heavy atom. The third-order valence-electron chi connectivity index (χ3n) is 5.55. The third-order valence-corrected chi connectivity index (χ3v) is 5.55. The van der Waals surface area contributed by atoms with Crippen LogP contribution in [0.1, 0.15) is 40.5 Å². The van der Waals surface area contributed by atoms with Crippen LogP contribution >= 0.6 is 0 Å². The maximum atomic E-state index is 13.3. The van der Waals surface area contributed by atoms with Gasteiger partial charge in [0.2, 0.25) is 0 Å². The Morgan fingerprint density at radius 3 is 2.93 bits per heavy atom. The van der Waals surface area contributed by atoms with E-state index in [0.717, 1.165) is 47.1 Å². The van der Waals surface area contributed by atoms with Crippen molar-refractivity contribution in [3.05, 3.63) is 71.8 Å². The molecule has 1 saturated heterocycles. The number of nitrogens with zero attached hydrogens (tertiary/aromatic N) is 5. The van der Waals surface area contributed by atoms with E-state index in [-0.39, 0.29) is 11.8 Å². The van der Waals surface area contributed by atoms with E-state index < -0.39 is 0 Å². The van der Waals surface area contributed by atoms with Gasteiger partial charge < -0.3 is 4.90 Å². The van der Waals surface area contributed by atoms with Gasteiger partial charge in [-0.15, -0.1) is 0 Å². The standard InChI is InChI=1S/C22H21N5O/c1-15-12-20(27-22(25-15)23-14-24-27)17-8-5-11-26(13-17)21(28)19-10-4-7-16-6-2-3-9-18(16)19/h2-4,6-7,9-10,12,14,17H,5,8,11,13H2,1H3. The number of aryl methyl sites for hydroxylation is 1. The van der Waals surface area contributed by atoms with Crippen LogP contribution in [-0.4, -0.2) is 43.5 Å². The quantitative estimate of drug-likeness (QED) is 0.540. The zero-order valence-corrected chi connectivity index (χ0v) is 15.7. The zero-order chi connectivity index (χ0) is 19.1. The Morgan fingerprint density at radius 2 is 2.00 bits per heavy atom. The summed E-state index contributed by atoms with van der Waals surface area (Å²) >= 11 is 0. The average molecular weight is 371 g/mol. The summed E-state index contributed by atoms with van der Waals surface area (Å²) in [5.41, 5.74) is 2.78. The predicted molar refractivity (Wildman–Crippen MR) is 107 cm³/mol. The molecule has 2 aromatic carbocycles. The third kappa shape index (κ3) is 2.81. The molecule has 1 amide bonds.